The molecule has 3 aliphatic rings. The highest BCUT2D eigenvalue weighted by atomic mass is 16.5. The van der Waals surface area contributed by atoms with E-state index in [1.54, 1.807) is 24.3 Å². The molecule has 0 fully saturated rings. The van der Waals surface area contributed by atoms with Crippen molar-refractivity contribution < 1.29 is 23.8 Å². The zero-order valence-corrected chi connectivity index (χ0v) is 29.4. The first-order valence-corrected chi connectivity index (χ1v) is 16.0. The zero-order chi connectivity index (χ0) is 34.1. The maximum atomic E-state index is 14.1. The fourth-order valence-electron chi connectivity index (χ4n) is 5.52. The van der Waals surface area contributed by atoms with E-state index in [2.05, 4.69) is 83.1 Å². The summed E-state index contributed by atoms with van der Waals surface area (Å²) in [6, 6.07) is 10.9. The molecule has 0 saturated heterocycles. The van der Waals surface area contributed by atoms with Crippen LogP contribution in [0, 0.1) is 10.8 Å². The quantitative estimate of drug-likeness (QED) is 0.273. The number of benzene rings is 1. The van der Waals surface area contributed by atoms with Crippen LogP contribution in [0.1, 0.15) is 116 Å². The first kappa shape index (κ1) is 33.1. The van der Waals surface area contributed by atoms with Crippen molar-refractivity contribution in [2.24, 2.45) is 10.8 Å². The van der Waals surface area contributed by atoms with Crippen LogP contribution < -0.4 is 0 Å². The third-order valence-electron chi connectivity index (χ3n) is 8.38. The number of carbonyl (C=O) groups excluding carboxylic acids is 2. The first-order valence-electron chi connectivity index (χ1n) is 16.0. The topological polar surface area (TPSA) is 74.9 Å². The summed E-state index contributed by atoms with van der Waals surface area (Å²) in [5.41, 5.74) is 2.78. The molecule has 0 saturated carbocycles. The second kappa shape index (κ2) is 10.9. The van der Waals surface area contributed by atoms with Gasteiger partial charge in [-0.05, 0) is 77.0 Å². The molecule has 1 aromatic heterocycles. The lowest BCUT2D eigenvalue weighted by atomic mass is 9.74. The summed E-state index contributed by atoms with van der Waals surface area (Å²) >= 11 is 0. The molecular weight excluding hydrogens is 572 g/mol. The Bertz CT molecular complexity index is 1790. The molecule has 1 aliphatic heterocycles. The second-order valence-corrected chi connectivity index (χ2v) is 16.7. The monoisotopic (exact) mass is 619 g/mol. The number of ether oxygens (including phenoxy) is 1. The van der Waals surface area contributed by atoms with Crippen molar-refractivity contribution in [3.05, 3.63) is 122 Å². The average molecular weight is 620 g/mol. The highest BCUT2D eigenvalue weighted by Gasteiger charge is 2.43. The number of hydrogen-bond donors (Lipinski definition) is 1. The average Bonchev–Trinajstić information content (AvgIpc) is 3.19. The van der Waals surface area contributed by atoms with E-state index in [1.165, 1.54) is 0 Å². The number of carbonyl (C=O) groups is 2. The Kier molecular flexibility index (Phi) is 7.87. The van der Waals surface area contributed by atoms with Crippen molar-refractivity contribution in [3.8, 4) is 0 Å². The van der Waals surface area contributed by atoms with Crippen LogP contribution in [-0.4, -0.2) is 16.7 Å². The summed E-state index contributed by atoms with van der Waals surface area (Å²) in [5, 5.41) is 11.4. The van der Waals surface area contributed by atoms with Crippen LogP contribution >= 0.6 is 0 Å². The van der Waals surface area contributed by atoms with Crippen molar-refractivity contribution in [1.82, 2.24) is 0 Å². The van der Waals surface area contributed by atoms with Crippen molar-refractivity contribution in [1.29, 1.82) is 0 Å². The lowest BCUT2D eigenvalue weighted by Gasteiger charge is -2.33. The number of rotatable bonds is 3. The maximum absolute atomic E-state index is 14.1. The van der Waals surface area contributed by atoms with E-state index < -0.39 is 0 Å². The molecule has 0 bridgehead atoms. The van der Waals surface area contributed by atoms with Crippen molar-refractivity contribution in [2.45, 2.75) is 93.9 Å². The minimum Gasteiger partial charge on any atom is -0.507 e. The van der Waals surface area contributed by atoms with Crippen molar-refractivity contribution in [3.63, 3.8) is 0 Å². The molecule has 5 nitrogen and oxygen atoms in total. The number of hydrogen-bond acceptors (Lipinski definition) is 4. The van der Waals surface area contributed by atoms with Crippen LogP contribution in [-0.2, 0) is 20.4 Å². The van der Waals surface area contributed by atoms with E-state index in [-0.39, 0.29) is 44.6 Å². The molecule has 5 rings (SSSR count). The van der Waals surface area contributed by atoms with Crippen LogP contribution in [0.25, 0.3) is 11.8 Å². The number of ketones is 2. The summed E-state index contributed by atoms with van der Waals surface area (Å²) < 4.78 is 12.7. The summed E-state index contributed by atoms with van der Waals surface area (Å²) in [6.07, 6.45) is 7.57. The Morgan fingerprint density at radius 1 is 0.652 bits per heavy atom. The van der Waals surface area contributed by atoms with E-state index in [9.17, 15) is 14.7 Å². The normalized spacial score (nSPS) is 18.4. The highest BCUT2D eigenvalue weighted by Crippen LogP contribution is 2.47. The SMILES string of the molecule is CC(C)(C)C1=CC(=CC2=C(C3=C(O)c4ccccc4C3=O)/C(=C/c3cc(C(C)(C)C)[o+]c(C(C)(C)C)c3)C2=O)C=C(C(C)(C)C)O1. The summed E-state index contributed by atoms with van der Waals surface area (Å²) in [7, 11) is 0. The predicted octanol–water partition coefficient (Wildman–Crippen LogP) is 10.4. The van der Waals surface area contributed by atoms with Gasteiger partial charge in [0.1, 0.15) is 17.3 Å². The number of Topliss-reactive ketones (excluding diaryl/α,β-unsaturated/α-hetero) is 2. The smallest absolute Gasteiger partial charge is 0.335 e. The Morgan fingerprint density at radius 2 is 1.15 bits per heavy atom. The second-order valence-electron chi connectivity index (χ2n) is 16.7. The Balaban J connectivity index is 1.77. The van der Waals surface area contributed by atoms with E-state index in [1.807, 2.05) is 36.4 Å². The lowest BCUT2D eigenvalue weighted by Crippen LogP contribution is -2.25. The molecule has 5 heteroatoms. The van der Waals surface area contributed by atoms with Gasteiger partial charge in [0, 0.05) is 50.8 Å². The molecule has 0 radical (unpaired) electrons. The van der Waals surface area contributed by atoms with Crippen molar-refractivity contribution >= 4 is 23.4 Å². The predicted molar refractivity (Wildman–Crippen MR) is 185 cm³/mol. The minimum atomic E-state index is -0.296. The molecule has 46 heavy (non-hydrogen) atoms. The van der Waals surface area contributed by atoms with Gasteiger partial charge >= 0.3 is 11.5 Å². The third kappa shape index (κ3) is 6.12. The van der Waals surface area contributed by atoms with Gasteiger partial charge in [-0.25, -0.2) is 4.42 Å². The summed E-state index contributed by atoms with van der Waals surface area (Å²) in [6.45, 7) is 25.0. The van der Waals surface area contributed by atoms with Crippen LogP contribution in [0.3, 0.4) is 0 Å². The van der Waals surface area contributed by atoms with Gasteiger partial charge in [-0.1, -0.05) is 65.8 Å². The van der Waals surface area contributed by atoms with Crippen LogP contribution in [0.2, 0.25) is 0 Å². The molecule has 0 atom stereocenters. The van der Waals surface area contributed by atoms with Crippen LogP contribution in [0.15, 0.2) is 98.4 Å². The van der Waals surface area contributed by atoms with Gasteiger partial charge in [0.2, 0.25) is 0 Å². The van der Waals surface area contributed by atoms with Gasteiger partial charge < -0.3 is 9.84 Å². The van der Waals surface area contributed by atoms with Crippen molar-refractivity contribution in [2.75, 3.05) is 0 Å². The summed E-state index contributed by atoms with van der Waals surface area (Å²) in [4.78, 5) is 28.0. The standard InChI is InChI=1S/C41H46O5/c1-38(2,3)29-19-23(20-30(45-29)39(4,5)6)17-27-33(34-36(43)25-15-13-14-16-26(25)37(34)44)28(35(27)42)18-24-21-31(40(7,8)9)46-32(22-24)41(10,11)12/h13-22H,1-12H3/p+1. The zero-order valence-electron chi connectivity index (χ0n) is 29.4. The molecule has 2 aliphatic carbocycles. The Labute approximate surface area is 273 Å². The number of aliphatic hydroxyl groups excluding tert-OH is 1. The van der Waals surface area contributed by atoms with Gasteiger partial charge in [-0.3, -0.25) is 9.59 Å². The van der Waals surface area contributed by atoms with Gasteiger partial charge in [0.05, 0.1) is 16.4 Å². The third-order valence-corrected chi connectivity index (χ3v) is 8.38. The number of fused-ring (bicyclic) bond motifs is 1. The molecule has 2 heterocycles. The minimum absolute atomic E-state index is 0.109. The summed E-state index contributed by atoms with van der Waals surface area (Å²) in [5.74, 6) is 2.57. The van der Waals surface area contributed by atoms with Gasteiger partial charge in [0.15, 0.2) is 11.6 Å². The molecule has 0 spiro atoms. The Hall–Kier alpha value is -4.25. The number of aliphatic hydroxyl groups is 1. The van der Waals surface area contributed by atoms with Crippen LogP contribution in [0.5, 0.6) is 0 Å². The van der Waals surface area contributed by atoms with E-state index in [0.29, 0.717) is 27.8 Å². The molecular formula is C41H47O5+. The lowest BCUT2D eigenvalue weighted by molar-refractivity contribution is -0.112. The fourth-order valence-corrected chi connectivity index (χ4v) is 5.52. The largest absolute Gasteiger partial charge is 0.507 e. The van der Waals surface area contributed by atoms with E-state index in [4.69, 9.17) is 9.15 Å². The highest BCUT2D eigenvalue weighted by molar-refractivity contribution is 6.33. The van der Waals surface area contributed by atoms with Gasteiger partial charge in [-0.15, -0.1) is 0 Å². The molecule has 1 aromatic carbocycles. The molecule has 240 valence electrons. The Morgan fingerprint density at radius 3 is 1.61 bits per heavy atom. The molecule has 2 aromatic rings. The molecule has 1 N–H and O–H groups in total. The fraction of sp³-hybridized carbons (Fsp3) is 0.390. The van der Waals surface area contributed by atoms with E-state index in [0.717, 1.165) is 34.2 Å². The maximum Gasteiger partial charge on any atom is 0.335 e. The first-order chi connectivity index (χ1) is 21.1. The molecule has 0 amide bonds. The van der Waals surface area contributed by atoms with Crippen LogP contribution in [0.4, 0.5) is 0 Å². The van der Waals surface area contributed by atoms with Gasteiger partial charge in [-0.2, -0.15) is 0 Å². The van der Waals surface area contributed by atoms with E-state index >= 15 is 0 Å². The number of allylic oxidation sites excluding steroid dienone is 10. The molecule has 0 unspecified atom stereocenters. The van der Waals surface area contributed by atoms with Gasteiger partial charge in [0.25, 0.3) is 0 Å².